The Balaban J connectivity index is 1.53. The molecule has 0 bridgehead atoms. The molecule has 1 atom stereocenters. The number of fused-ring (bicyclic) bond motifs is 1. The molecule has 160 valence electrons. The minimum Gasteiger partial charge on any atom is -0.332 e. The van der Waals surface area contributed by atoms with E-state index in [2.05, 4.69) is 23.4 Å². The van der Waals surface area contributed by atoms with Crippen molar-refractivity contribution >= 4 is 51.4 Å². The fourth-order valence-corrected chi connectivity index (χ4v) is 5.62. The normalized spacial score (nSPS) is 15.8. The maximum atomic E-state index is 14.2. The third kappa shape index (κ3) is 4.31. The van der Waals surface area contributed by atoms with E-state index in [0.29, 0.717) is 17.4 Å². The summed E-state index contributed by atoms with van der Waals surface area (Å²) in [7, 11) is 0. The third-order valence-corrected chi connectivity index (χ3v) is 7.11. The van der Waals surface area contributed by atoms with Gasteiger partial charge in [-0.2, -0.15) is 0 Å². The number of carbonyl (C=O) groups excluding carboxylic acids is 2. The smallest absolute Gasteiger partial charge is 0.247 e. The average Bonchev–Trinajstić information content (AvgIpc) is 3.42. The standard InChI is InChI=1S/C23H22FN3O2S2/c1-3-19-17-11-13-30-21(17)10-12-26(19)22(29)9-8-16-14-31-23(25-16)27(15(2)28)20-7-5-4-6-18(20)24/h4-9,11,13-14,19H,3,10,12H2,1-2H3/b9-8+. The van der Waals surface area contributed by atoms with Crippen LogP contribution in [0, 0.1) is 5.82 Å². The van der Waals surface area contributed by atoms with E-state index in [1.165, 1.54) is 51.8 Å². The Labute approximate surface area is 188 Å². The van der Waals surface area contributed by atoms with E-state index in [-0.39, 0.29) is 23.5 Å². The molecule has 1 aliphatic heterocycles. The van der Waals surface area contributed by atoms with Crippen molar-refractivity contribution in [2.75, 3.05) is 11.4 Å². The lowest BCUT2D eigenvalue weighted by Crippen LogP contribution is -2.38. The maximum Gasteiger partial charge on any atom is 0.247 e. The van der Waals surface area contributed by atoms with Crippen LogP contribution in [0.5, 0.6) is 0 Å². The summed E-state index contributed by atoms with van der Waals surface area (Å²) < 4.78 is 14.2. The van der Waals surface area contributed by atoms with Crippen molar-refractivity contribution < 1.29 is 14.0 Å². The van der Waals surface area contributed by atoms with Crippen LogP contribution in [0.25, 0.3) is 6.08 Å². The lowest BCUT2D eigenvalue weighted by atomic mass is 9.97. The van der Waals surface area contributed by atoms with Crippen molar-refractivity contribution in [1.82, 2.24) is 9.88 Å². The number of rotatable bonds is 5. The summed E-state index contributed by atoms with van der Waals surface area (Å²) in [5.74, 6) is -0.892. The van der Waals surface area contributed by atoms with E-state index in [9.17, 15) is 14.0 Å². The fraction of sp³-hybridized carbons (Fsp3) is 0.261. The average molecular weight is 456 g/mol. The molecule has 2 aromatic heterocycles. The molecule has 0 saturated carbocycles. The highest BCUT2D eigenvalue weighted by Crippen LogP contribution is 2.35. The number of amides is 2. The summed E-state index contributed by atoms with van der Waals surface area (Å²) in [6.45, 7) is 4.16. The molecule has 0 aliphatic carbocycles. The van der Waals surface area contributed by atoms with Crippen LogP contribution in [-0.2, 0) is 16.0 Å². The van der Waals surface area contributed by atoms with Crippen LogP contribution in [0.4, 0.5) is 15.2 Å². The summed E-state index contributed by atoms with van der Waals surface area (Å²) in [5, 5.41) is 4.20. The van der Waals surface area contributed by atoms with Crippen molar-refractivity contribution in [3.63, 3.8) is 0 Å². The predicted octanol–water partition coefficient (Wildman–Crippen LogP) is 5.58. The summed E-state index contributed by atoms with van der Waals surface area (Å²) in [6, 6.07) is 8.29. The number of nitrogens with zero attached hydrogens (tertiary/aromatic N) is 3. The number of thiazole rings is 1. The molecule has 31 heavy (non-hydrogen) atoms. The molecular weight excluding hydrogens is 433 g/mol. The van der Waals surface area contributed by atoms with Gasteiger partial charge in [0, 0.05) is 29.8 Å². The van der Waals surface area contributed by atoms with Crippen LogP contribution in [-0.4, -0.2) is 28.2 Å². The van der Waals surface area contributed by atoms with Crippen molar-refractivity contribution in [3.05, 3.63) is 69.1 Å². The van der Waals surface area contributed by atoms with E-state index in [4.69, 9.17) is 0 Å². The minimum atomic E-state index is -0.497. The Morgan fingerprint density at radius 1 is 1.29 bits per heavy atom. The van der Waals surface area contributed by atoms with Gasteiger partial charge in [0.05, 0.1) is 17.4 Å². The highest BCUT2D eigenvalue weighted by molar-refractivity contribution is 7.14. The highest BCUT2D eigenvalue weighted by Gasteiger charge is 2.29. The number of anilines is 2. The molecule has 8 heteroatoms. The number of aromatic nitrogens is 1. The molecule has 5 nitrogen and oxygen atoms in total. The van der Waals surface area contributed by atoms with Crippen molar-refractivity contribution in [2.24, 2.45) is 0 Å². The lowest BCUT2D eigenvalue weighted by Gasteiger charge is -2.34. The summed E-state index contributed by atoms with van der Waals surface area (Å²) >= 11 is 2.98. The molecule has 0 fully saturated rings. The van der Waals surface area contributed by atoms with Gasteiger partial charge in [0.1, 0.15) is 5.82 Å². The van der Waals surface area contributed by atoms with Crippen LogP contribution in [0.15, 0.2) is 47.2 Å². The molecule has 1 aromatic carbocycles. The van der Waals surface area contributed by atoms with Gasteiger partial charge in [-0.25, -0.2) is 9.37 Å². The second-order valence-corrected chi connectivity index (χ2v) is 9.04. The van der Waals surface area contributed by atoms with E-state index in [1.54, 1.807) is 34.9 Å². The number of benzene rings is 1. The number of thiophene rings is 1. The van der Waals surface area contributed by atoms with Gasteiger partial charge in [-0.1, -0.05) is 19.1 Å². The zero-order chi connectivity index (χ0) is 22.0. The molecule has 1 aliphatic rings. The number of halogens is 1. The first-order chi connectivity index (χ1) is 15.0. The molecule has 0 spiro atoms. The Bertz CT molecular complexity index is 1140. The van der Waals surface area contributed by atoms with Gasteiger partial charge in [-0.3, -0.25) is 14.5 Å². The quantitative estimate of drug-likeness (QED) is 0.472. The predicted molar refractivity (Wildman–Crippen MR) is 123 cm³/mol. The molecular formula is C23H22FN3O2S2. The Hall–Kier alpha value is -2.84. The van der Waals surface area contributed by atoms with Crippen molar-refractivity contribution in [2.45, 2.75) is 32.7 Å². The van der Waals surface area contributed by atoms with E-state index < -0.39 is 5.82 Å². The first-order valence-electron chi connectivity index (χ1n) is 10.0. The summed E-state index contributed by atoms with van der Waals surface area (Å²) in [6.07, 6.45) is 4.92. The number of hydrogen-bond acceptors (Lipinski definition) is 5. The zero-order valence-electron chi connectivity index (χ0n) is 17.2. The first kappa shape index (κ1) is 21.4. The minimum absolute atomic E-state index is 0.0595. The largest absolute Gasteiger partial charge is 0.332 e. The van der Waals surface area contributed by atoms with E-state index in [0.717, 1.165) is 12.8 Å². The second-order valence-electron chi connectivity index (χ2n) is 7.20. The molecule has 4 rings (SSSR count). The van der Waals surface area contributed by atoms with Gasteiger partial charge in [-0.15, -0.1) is 22.7 Å². The number of para-hydroxylation sites is 1. The molecule has 0 saturated heterocycles. The Kier molecular flexibility index (Phi) is 6.29. The van der Waals surface area contributed by atoms with Crippen LogP contribution < -0.4 is 4.90 Å². The van der Waals surface area contributed by atoms with Crippen LogP contribution in [0.1, 0.15) is 42.4 Å². The molecule has 2 amide bonds. The van der Waals surface area contributed by atoms with Crippen LogP contribution in [0.2, 0.25) is 0 Å². The molecule has 3 heterocycles. The van der Waals surface area contributed by atoms with Crippen LogP contribution in [0.3, 0.4) is 0 Å². The van der Waals surface area contributed by atoms with Gasteiger partial charge in [0.15, 0.2) is 5.13 Å². The van der Waals surface area contributed by atoms with E-state index in [1.807, 2.05) is 4.90 Å². The zero-order valence-corrected chi connectivity index (χ0v) is 18.9. The molecule has 1 unspecified atom stereocenters. The van der Waals surface area contributed by atoms with Gasteiger partial charge in [0.25, 0.3) is 0 Å². The maximum absolute atomic E-state index is 14.2. The van der Waals surface area contributed by atoms with Crippen molar-refractivity contribution in [1.29, 1.82) is 0 Å². The monoisotopic (exact) mass is 455 g/mol. The summed E-state index contributed by atoms with van der Waals surface area (Å²) in [4.78, 5) is 34.0. The van der Waals surface area contributed by atoms with Gasteiger partial charge in [-0.05, 0) is 48.1 Å². The first-order valence-corrected chi connectivity index (χ1v) is 11.8. The summed E-state index contributed by atoms with van der Waals surface area (Å²) in [5.41, 5.74) is 1.96. The topological polar surface area (TPSA) is 53.5 Å². The number of hydrogen-bond donors (Lipinski definition) is 0. The Morgan fingerprint density at radius 3 is 2.84 bits per heavy atom. The van der Waals surface area contributed by atoms with Crippen molar-refractivity contribution in [3.8, 4) is 0 Å². The van der Waals surface area contributed by atoms with Gasteiger partial charge < -0.3 is 4.90 Å². The Morgan fingerprint density at radius 2 is 2.10 bits per heavy atom. The van der Waals surface area contributed by atoms with E-state index >= 15 is 0 Å². The molecule has 3 aromatic rings. The lowest BCUT2D eigenvalue weighted by molar-refractivity contribution is -0.128. The van der Waals surface area contributed by atoms with Gasteiger partial charge in [0.2, 0.25) is 11.8 Å². The number of carbonyl (C=O) groups is 2. The SMILES string of the molecule is CCC1c2ccsc2CCN1C(=O)/C=C/c1csc(N(C(C)=O)c2ccccc2F)n1. The van der Waals surface area contributed by atoms with Crippen LogP contribution >= 0.6 is 22.7 Å². The molecule has 0 radical (unpaired) electrons. The fourth-order valence-electron chi connectivity index (χ4n) is 3.85. The highest BCUT2D eigenvalue weighted by atomic mass is 32.1. The third-order valence-electron chi connectivity index (χ3n) is 5.27. The second kappa shape index (κ2) is 9.11. The van der Waals surface area contributed by atoms with Gasteiger partial charge >= 0.3 is 0 Å². The molecule has 0 N–H and O–H groups in total.